The van der Waals surface area contributed by atoms with Crippen molar-refractivity contribution < 1.29 is 24.2 Å². The van der Waals surface area contributed by atoms with Crippen molar-refractivity contribution in [2.75, 3.05) is 60.2 Å². The summed E-state index contributed by atoms with van der Waals surface area (Å²) >= 11 is 0. The molecule has 13 heteroatoms. The molecule has 1 saturated heterocycles. The van der Waals surface area contributed by atoms with E-state index in [1.165, 1.54) is 6.20 Å². The topological polar surface area (TPSA) is 165 Å². The highest BCUT2D eigenvalue weighted by molar-refractivity contribution is 5.92. The molecule has 44 heavy (non-hydrogen) atoms. The Kier molecular flexibility index (Phi) is 10.4. The number of carboxylic acids is 1. The number of anilines is 6. The van der Waals surface area contributed by atoms with E-state index < -0.39 is 17.7 Å². The van der Waals surface area contributed by atoms with Gasteiger partial charge in [-0.05, 0) is 69.8 Å². The van der Waals surface area contributed by atoms with Gasteiger partial charge in [-0.3, -0.25) is 10.1 Å². The summed E-state index contributed by atoms with van der Waals surface area (Å²) in [6.45, 7) is 12.3. The van der Waals surface area contributed by atoms with Gasteiger partial charge in [0.05, 0.1) is 30.6 Å². The largest absolute Gasteiger partial charge is 0.493 e. The molecule has 0 unspecified atom stereocenters. The standard InChI is InChI=1S/C31H38N8O5/c1-5-38-13-15-39(16-14-38)23-8-11-25(26(18-23)36-30(42)44-31(2,3)4)35-29-33-20-21(19-32)28(37-29)34-22-6-9-24(10-7-22)43-17-12-27(40)41/h6-11,18,20H,5,12-17H2,1-4H3,(H,36,42)(H,40,41)(H2,33,34,35,37). The van der Waals surface area contributed by atoms with E-state index in [0.29, 0.717) is 22.8 Å². The molecule has 2 heterocycles. The molecule has 0 spiro atoms. The molecule has 4 N–H and O–H groups in total. The summed E-state index contributed by atoms with van der Waals surface area (Å²) in [6.07, 6.45) is 0.714. The van der Waals surface area contributed by atoms with Crippen LogP contribution in [0.4, 0.5) is 39.3 Å². The first-order valence-electron chi connectivity index (χ1n) is 14.4. The van der Waals surface area contributed by atoms with E-state index >= 15 is 0 Å². The summed E-state index contributed by atoms with van der Waals surface area (Å²) in [6, 6.07) is 14.7. The molecule has 1 aliphatic rings. The summed E-state index contributed by atoms with van der Waals surface area (Å²) in [4.78, 5) is 37.0. The maximum Gasteiger partial charge on any atom is 0.412 e. The summed E-state index contributed by atoms with van der Waals surface area (Å²) in [5.41, 5.74) is 2.20. The third-order valence-electron chi connectivity index (χ3n) is 6.68. The molecule has 1 aliphatic heterocycles. The Hall–Kier alpha value is -5.09. The monoisotopic (exact) mass is 602 g/mol. The van der Waals surface area contributed by atoms with Crippen molar-refractivity contribution in [1.29, 1.82) is 5.26 Å². The van der Waals surface area contributed by atoms with Crippen LogP contribution in [0.5, 0.6) is 5.75 Å². The van der Waals surface area contributed by atoms with E-state index in [1.807, 2.05) is 18.2 Å². The molecule has 0 atom stereocenters. The fraction of sp³-hybridized carbons (Fsp3) is 0.387. The Labute approximate surface area is 256 Å². The Balaban J connectivity index is 1.54. The lowest BCUT2D eigenvalue weighted by atomic mass is 10.2. The predicted octanol–water partition coefficient (Wildman–Crippen LogP) is 5.18. The van der Waals surface area contributed by atoms with Gasteiger partial charge in [0.1, 0.15) is 23.0 Å². The highest BCUT2D eigenvalue weighted by atomic mass is 16.6. The first-order chi connectivity index (χ1) is 21.0. The van der Waals surface area contributed by atoms with Gasteiger partial charge < -0.3 is 35.0 Å². The maximum atomic E-state index is 12.8. The SMILES string of the molecule is CCN1CCN(c2ccc(Nc3ncc(C#N)c(Nc4ccc(OCCC(=O)O)cc4)n3)c(NC(=O)OC(C)(C)C)c2)CC1. The van der Waals surface area contributed by atoms with Crippen LogP contribution in [-0.4, -0.2) is 77.0 Å². The van der Waals surface area contributed by atoms with E-state index in [-0.39, 0.29) is 30.4 Å². The van der Waals surface area contributed by atoms with E-state index in [1.54, 1.807) is 45.0 Å². The van der Waals surface area contributed by atoms with Crippen molar-refractivity contribution >= 4 is 46.6 Å². The lowest BCUT2D eigenvalue weighted by Crippen LogP contribution is -2.46. The molecule has 232 valence electrons. The van der Waals surface area contributed by atoms with Gasteiger partial charge in [0.2, 0.25) is 5.95 Å². The lowest BCUT2D eigenvalue weighted by molar-refractivity contribution is -0.137. The number of likely N-dealkylation sites (N-methyl/N-ethyl adjacent to an activating group) is 1. The van der Waals surface area contributed by atoms with Gasteiger partial charge in [0.25, 0.3) is 0 Å². The second-order valence-electron chi connectivity index (χ2n) is 11.1. The van der Waals surface area contributed by atoms with Crippen LogP contribution in [0.15, 0.2) is 48.7 Å². The van der Waals surface area contributed by atoms with Crippen molar-refractivity contribution in [3.8, 4) is 11.8 Å². The fourth-order valence-corrected chi connectivity index (χ4v) is 4.44. The Morgan fingerprint density at radius 3 is 2.41 bits per heavy atom. The summed E-state index contributed by atoms with van der Waals surface area (Å²) < 4.78 is 10.9. The van der Waals surface area contributed by atoms with Crippen LogP contribution in [0, 0.1) is 11.3 Å². The van der Waals surface area contributed by atoms with Gasteiger partial charge >= 0.3 is 12.1 Å². The van der Waals surface area contributed by atoms with Crippen LogP contribution >= 0.6 is 0 Å². The van der Waals surface area contributed by atoms with Crippen molar-refractivity contribution in [3.63, 3.8) is 0 Å². The van der Waals surface area contributed by atoms with E-state index in [0.717, 1.165) is 38.4 Å². The molecule has 2 aromatic carbocycles. The number of ether oxygens (including phenoxy) is 2. The predicted molar refractivity (Wildman–Crippen MR) is 168 cm³/mol. The van der Waals surface area contributed by atoms with Gasteiger partial charge in [0, 0.05) is 37.6 Å². The molecule has 3 aromatic rings. The number of amides is 1. The zero-order chi connectivity index (χ0) is 31.7. The zero-order valence-electron chi connectivity index (χ0n) is 25.4. The third kappa shape index (κ3) is 9.20. The van der Waals surface area contributed by atoms with E-state index in [4.69, 9.17) is 14.6 Å². The number of aliphatic carboxylic acids is 1. The Morgan fingerprint density at radius 1 is 1.05 bits per heavy atom. The van der Waals surface area contributed by atoms with Crippen LogP contribution in [0.1, 0.15) is 39.7 Å². The minimum Gasteiger partial charge on any atom is -0.493 e. The fourth-order valence-electron chi connectivity index (χ4n) is 4.44. The number of carbonyl (C=O) groups excluding carboxylic acids is 1. The zero-order valence-corrected chi connectivity index (χ0v) is 25.4. The highest BCUT2D eigenvalue weighted by Crippen LogP contribution is 2.31. The smallest absolute Gasteiger partial charge is 0.412 e. The number of nitriles is 1. The van der Waals surface area contributed by atoms with Crippen LogP contribution in [0.2, 0.25) is 0 Å². The summed E-state index contributed by atoms with van der Waals surface area (Å²) in [5.74, 6) is 0.0611. The molecule has 4 rings (SSSR count). The molecule has 0 radical (unpaired) electrons. The molecular weight excluding hydrogens is 564 g/mol. The molecule has 1 fully saturated rings. The van der Waals surface area contributed by atoms with E-state index in [2.05, 4.69) is 48.7 Å². The quantitative estimate of drug-likeness (QED) is 0.228. The van der Waals surface area contributed by atoms with Crippen LogP contribution < -0.4 is 25.6 Å². The van der Waals surface area contributed by atoms with Crippen LogP contribution in [0.25, 0.3) is 0 Å². The molecule has 0 bridgehead atoms. The van der Waals surface area contributed by atoms with Crippen molar-refractivity contribution in [2.45, 2.75) is 39.7 Å². The first kappa shape index (κ1) is 31.8. The number of benzene rings is 2. The minimum absolute atomic E-state index is 0.0584. The highest BCUT2D eigenvalue weighted by Gasteiger charge is 2.21. The normalized spacial score (nSPS) is 13.5. The van der Waals surface area contributed by atoms with Gasteiger partial charge in [-0.25, -0.2) is 9.78 Å². The number of carbonyl (C=O) groups is 2. The second kappa shape index (κ2) is 14.4. The number of aromatic nitrogens is 2. The van der Waals surface area contributed by atoms with Gasteiger partial charge in [0.15, 0.2) is 5.82 Å². The average Bonchev–Trinajstić information content (AvgIpc) is 2.98. The number of nitrogens with one attached hydrogen (secondary N) is 3. The number of carboxylic acid groups (broad SMARTS) is 1. The number of piperazine rings is 1. The number of hydrogen-bond acceptors (Lipinski definition) is 11. The molecule has 1 aromatic heterocycles. The Morgan fingerprint density at radius 2 is 1.77 bits per heavy atom. The maximum absolute atomic E-state index is 12.8. The molecule has 1 amide bonds. The third-order valence-corrected chi connectivity index (χ3v) is 6.68. The van der Waals surface area contributed by atoms with Crippen molar-refractivity contribution in [1.82, 2.24) is 14.9 Å². The molecular formula is C31H38N8O5. The Bertz CT molecular complexity index is 1490. The summed E-state index contributed by atoms with van der Waals surface area (Å²) in [7, 11) is 0. The van der Waals surface area contributed by atoms with Crippen LogP contribution in [-0.2, 0) is 9.53 Å². The molecule has 0 aliphatic carbocycles. The summed E-state index contributed by atoms with van der Waals surface area (Å²) in [5, 5.41) is 27.6. The van der Waals surface area contributed by atoms with Crippen molar-refractivity contribution in [2.24, 2.45) is 0 Å². The van der Waals surface area contributed by atoms with Crippen LogP contribution in [0.3, 0.4) is 0 Å². The number of hydrogen-bond donors (Lipinski definition) is 4. The van der Waals surface area contributed by atoms with Gasteiger partial charge in [-0.1, -0.05) is 6.92 Å². The van der Waals surface area contributed by atoms with E-state index in [9.17, 15) is 14.9 Å². The number of rotatable bonds is 11. The van der Waals surface area contributed by atoms with Gasteiger partial charge in [-0.15, -0.1) is 0 Å². The number of nitrogens with zero attached hydrogens (tertiary/aromatic N) is 5. The van der Waals surface area contributed by atoms with Crippen molar-refractivity contribution in [3.05, 3.63) is 54.2 Å². The minimum atomic E-state index is -0.936. The molecule has 13 nitrogen and oxygen atoms in total. The van der Waals surface area contributed by atoms with Gasteiger partial charge in [-0.2, -0.15) is 10.2 Å². The average molecular weight is 603 g/mol. The lowest BCUT2D eigenvalue weighted by Gasteiger charge is -2.35. The second-order valence-corrected chi connectivity index (χ2v) is 11.1. The first-order valence-corrected chi connectivity index (χ1v) is 14.4. The molecule has 0 saturated carbocycles.